The van der Waals surface area contributed by atoms with E-state index in [2.05, 4.69) is 19.6 Å². The van der Waals surface area contributed by atoms with Crippen LogP contribution in [0.15, 0.2) is 12.2 Å². The number of carbonyl (C=O) groups excluding carboxylic acids is 1. The van der Waals surface area contributed by atoms with E-state index in [-0.39, 0.29) is 6.61 Å². The van der Waals surface area contributed by atoms with Gasteiger partial charge in [-0.05, 0) is 25.0 Å². The molecule has 0 aliphatic carbocycles. The molecule has 0 aliphatic heterocycles. The fourth-order valence-corrected chi connectivity index (χ4v) is 2.93. The van der Waals surface area contributed by atoms with Gasteiger partial charge in [0, 0.05) is 6.08 Å². The maximum Gasteiger partial charge on any atom is 0.330 e. The van der Waals surface area contributed by atoms with E-state index in [0.717, 1.165) is 12.8 Å². The van der Waals surface area contributed by atoms with Gasteiger partial charge >= 0.3 is 11.9 Å². The molecule has 5 N–H and O–H groups in total. The standard InChI is InChI=1S/C19H36O4.C4H9NO2S/c1-2-3-4-5-6-7-8-9-10-11-12-13-14-15-19(22)23-17-18(21)16-20;5-3(1-2-8)4(6)7/h14-15,18,20-21H,2-13,16-17H2,1H3;3,8H,1-2,5H2,(H,6,7)/t;3-/m.0/s1. The molecule has 1 unspecified atom stereocenters. The minimum atomic E-state index is -0.987. The van der Waals surface area contributed by atoms with Crippen LogP contribution >= 0.6 is 12.6 Å². The number of aliphatic hydroxyl groups is 2. The number of rotatable bonds is 19. The number of carboxylic acids is 1. The van der Waals surface area contributed by atoms with E-state index in [4.69, 9.17) is 25.8 Å². The Hall–Kier alpha value is -1.09. The number of esters is 1. The van der Waals surface area contributed by atoms with Gasteiger partial charge in [0.2, 0.25) is 0 Å². The topological polar surface area (TPSA) is 130 Å². The van der Waals surface area contributed by atoms with Gasteiger partial charge in [-0.1, -0.05) is 77.2 Å². The summed E-state index contributed by atoms with van der Waals surface area (Å²) in [4.78, 5) is 21.2. The summed E-state index contributed by atoms with van der Waals surface area (Å²) in [5, 5.41) is 25.8. The Morgan fingerprint density at radius 1 is 1.00 bits per heavy atom. The van der Waals surface area contributed by atoms with Crippen LogP contribution in [-0.4, -0.2) is 58.4 Å². The predicted octanol–water partition coefficient (Wildman–Crippen LogP) is 3.86. The van der Waals surface area contributed by atoms with Crippen LogP contribution in [0.2, 0.25) is 0 Å². The Labute approximate surface area is 193 Å². The summed E-state index contributed by atoms with van der Waals surface area (Å²) in [6.07, 6.45) is 18.0. The summed E-state index contributed by atoms with van der Waals surface area (Å²) in [5.74, 6) is -0.896. The predicted molar refractivity (Wildman–Crippen MR) is 128 cm³/mol. The number of allylic oxidation sites excluding steroid dienone is 1. The quantitative estimate of drug-likeness (QED) is 0.0851. The van der Waals surface area contributed by atoms with Crippen molar-refractivity contribution in [1.82, 2.24) is 0 Å². The van der Waals surface area contributed by atoms with Gasteiger partial charge in [-0.15, -0.1) is 0 Å². The third-order valence-corrected chi connectivity index (χ3v) is 4.87. The van der Waals surface area contributed by atoms with Crippen molar-refractivity contribution >= 4 is 24.6 Å². The van der Waals surface area contributed by atoms with Crippen LogP contribution in [0.25, 0.3) is 0 Å². The highest BCUT2D eigenvalue weighted by Crippen LogP contribution is 2.12. The third-order valence-electron chi connectivity index (χ3n) is 4.61. The van der Waals surface area contributed by atoms with Crippen LogP contribution in [0.1, 0.15) is 90.4 Å². The number of carboxylic acid groups (broad SMARTS) is 1. The second-order valence-corrected chi connectivity index (χ2v) is 8.10. The van der Waals surface area contributed by atoms with Crippen LogP contribution in [-0.2, 0) is 14.3 Å². The second kappa shape index (κ2) is 25.2. The number of thiol groups is 1. The van der Waals surface area contributed by atoms with Crippen LogP contribution in [0, 0.1) is 0 Å². The third kappa shape index (κ3) is 26.9. The number of carbonyl (C=O) groups is 2. The maximum atomic E-state index is 11.3. The number of hydrogen-bond acceptors (Lipinski definition) is 7. The van der Waals surface area contributed by atoms with Crippen molar-refractivity contribution in [2.45, 2.75) is 103 Å². The van der Waals surface area contributed by atoms with Gasteiger partial charge < -0.3 is 25.8 Å². The Morgan fingerprint density at radius 3 is 1.94 bits per heavy atom. The maximum absolute atomic E-state index is 11.3. The lowest BCUT2D eigenvalue weighted by molar-refractivity contribution is -0.141. The molecule has 0 heterocycles. The average Bonchev–Trinajstić information content (AvgIpc) is 2.75. The second-order valence-electron chi connectivity index (χ2n) is 7.65. The highest BCUT2D eigenvalue weighted by molar-refractivity contribution is 7.80. The minimum absolute atomic E-state index is 0.155. The van der Waals surface area contributed by atoms with E-state index in [9.17, 15) is 9.59 Å². The van der Waals surface area contributed by atoms with Gasteiger partial charge in [0.25, 0.3) is 0 Å². The molecular weight excluding hydrogens is 418 g/mol. The minimum Gasteiger partial charge on any atom is -0.480 e. The molecule has 2 atom stereocenters. The summed E-state index contributed by atoms with van der Waals surface area (Å²) >= 11 is 3.81. The van der Waals surface area contributed by atoms with Gasteiger partial charge in [-0.2, -0.15) is 12.6 Å². The lowest BCUT2D eigenvalue weighted by Gasteiger charge is -2.06. The number of aliphatic hydroxyl groups excluding tert-OH is 2. The SMILES string of the molecule is CCCCCCCCCCCCCC=CC(=O)OCC(O)CO.N[C@@H](CCS)C(=O)O. The normalized spacial score (nSPS) is 12.8. The molecule has 0 radical (unpaired) electrons. The molecule has 0 aromatic rings. The van der Waals surface area contributed by atoms with Crippen LogP contribution < -0.4 is 5.73 Å². The summed E-state index contributed by atoms with van der Waals surface area (Å²) in [7, 11) is 0. The van der Waals surface area contributed by atoms with Crippen LogP contribution in [0.4, 0.5) is 0 Å². The van der Waals surface area contributed by atoms with Crippen molar-refractivity contribution in [3.63, 3.8) is 0 Å². The Kier molecular flexibility index (Phi) is 26.1. The van der Waals surface area contributed by atoms with Crippen molar-refractivity contribution in [3.05, 3.63) is 12.2 Å². The van der Waals surface area contributed by atoms with E-state index in [1.807, 2.05) is 6.08 Å². The smallest absolute Gasteiger partial charge is 0.330 e. The summed E-state index contributed by atoms with van der Waals surface area (Å²) in [6, 6.07) is -0.743. The zero-order valence-corrected chi connectivity index (χ0v) is 20.1. The number of hydrogen-bond donors (Lipinski definition) is 5. The molecule has 0 spiro atoms. The lowest BCUT2D eigenvalue weighted by atomic mass is 10.1. The average molecular weight is 464 g/mol. The summed E-state index contributed by atoms with van der Waals surface area (Å²) in [6.45, 7) is 1.70. The van der Waals surface area contributed by atoms with Gasteiger partial charge in [-0.25, -0.2) is 4.79 Å². The summed E-state index contributed by atoms with van der Waals surface area (Å²) in [5.41, 5.74) is 5.08. The molecular formula is C23H45NO6S. The van der Waals surface area contributed by atoms with E-state index in [1.165, 1.54) is 70.3 Å². The van der Waals surface area contributed by atoms with E-state index >= 15 is 0 Å². The molecule has 0 fully saturated rings. The Morgan fingerprint density at radius 2 is 1.52 bits per heavy atom. The highest BCUT2D eigenvalue weighted by atomic mass is 32.1. The van der Waals surface area contributed by atoms with Crippen molar-refractivity contribution < 1.29 is 29.6 Å². The zero-order chi connectivity index (χ0) is 23.7. The Bertz CT molecular complexity index is 448. The highest BCUT2D eigenvalue weighted by Gasteiger charge is 2.08. The molecule has 0 saturated heterocycles. The van der Waals surface area contributed by atoms with Gasteiger partial charge in [-0.3, -0.25) is 4.79 Å². The largest absolute Gasteiger partial charge is 0.480 e. The first-order valence-corrected chi connectivity index (χ1v) is 12.2. The van der Waals surface area contributed by atoms with Crippen LogP contribution in [0.5, 0.6) is 0 Å². The molecule has 31 heavy (non-hydrogen) atoms. The van der Waals surface area contributed by atoms with E-state index in [1.54, 1.807) is 0 Å². The number of unbranched alkanes of at least 4 members (excludes halogenated alkanes) is 11. The first kappa shape index (κ1) is 32.1. The molecule has 0 saturated carbocycles. The van der Waals surface area contributed by atoms with E-state index < -0.39 is 30.7 Å². The van der Waals surface area contributed by atoms with Gasteiger partial charge in [0.05, 0.1) is 6.61 Å². The molecule has 0 aliphatic rings. The molecule has 184 valence electrons. The summed E-state index contributed by atoms with van der Waals surface area (Å²) < 4.78 is 4.77. The fourth-order valence-electron chi connectivity index (χ4n) is 2.65. The molecule has 0 aromatic carbocycles. The lowest BCUT2D eigenvalue weighted by Crippen LogP contribution is -2.30. The monoisotopic (exact) mass is 463 g/mol. The zero-order valence-electron chi connectivity index (χ0n) is 19.2. The van der Waals surface area contributed by atoms with Crippen molar-refractivity contribution in [2.24, 2.45) is 5.73 Å². The fraction of sp³-hybridized carbons (Fsp3) is 0.826. The van der Waals surface area contributed by atoms with E-state index in [0.29, 0.717) is 12.2 Å². The number of nitrogens with two attached hydrogens (primary N) is 1. The molecule has 7 nitrogen and oxygen atoms in total. The molecule has 0 bridgehead atoms. The van der Waals surface area contributed by atoms with Crippen molar-refractivity contribution in [1.29, 1.82) is 0 Å². The molecule has 0 rings (SSSR count). The van der Waals surface area contributed by atoms with Gasteiger partial charge in [0.15, 0.2) is 0 Å². The molecule has 0 aromatic heterocycles. The first-order valence-electron chi connectivity index (χ1n) is 11.6. The molecule has 8 heteroatoms. The number of aliphatic carboxylic acids is 1. The Balaban J connectivity index is 0. The van der Waals surface area contributed by atoms with Crippen molar-refractivity contribution in [3.8, 4) is 0 Å². The first-order chi connectivity index (χ1) is 14.9. The van der Waals surface area contributed by atoms with Crippen molar-refractivity contribution in [2.75, 3.05) is 19.0 Å². The van der Waals surface area contributed by atoms with Crippen LogP contribution in [0.3, 0.4) is 0 Å². The molecule has 0 amide bonds. The van der Waals surface area contributed by atoms with Gasteiger partial charge in [0.1, 0.15) is 18.8 Å². The number of ether oxygens (including phenoxy) is 1.